The predicted molar refractivity (Wildman–Crippen MR) is 106 cm³/mol. The number of hydrogen-bond donors (Lipinski definition) is 0. The third-order valence-corrected chi connectivity index (χ3v) is 4.58. The van der Waals surface area contributed by atoms with E-state index in [1.807, 2.05) is 12.1 Å². The van der Waals surface area contributed by atoms with Crippen molar-refractivity contribution in [2.45, 2.75) is 44.9 Å². The van der Waals surface area contributed by atoms with Gasteiger partial charge in [0.2, 0.25) is 0 Å². The van der Waals surface area contributed by atoms with Crippen LogP contribution in [0.25, 0.3) is 0 Å². The van der Waals surface area contributed by atoms with E-state index in [9.17, 15) is 26.3 Å². The Hall–Kier alpha value is -2.46. The van der Waals surface area contributed by atoms with E-state index >= 15 is 0 Å². The first-order chi connectivity index (χ1) is 15.2. The molecule has 2 rings (SSSR count). The molecule has 4 nitrogen and oxygen atoms in total. The van der Waals surface area contributed by atoms with Crippen LogP contribution < -0.4 is 9.47 Å². The molecule has 0 aliphatic heterocycles. The highest BCUT2D eigenvalue weighted by Crippen LogP contribution is 2.25. The molecule has 0 bridgehead atoms. The maximum Gasteiger partial charge on any atom is 0.573 e. The average molecular weight is 465 g/mol. The van der Waals surface area contributed by atoms with Crippen molar-refractivity contribution in [2.24, 2.45) is 0 Å². The largest absolute Gasteiger partial charge is 0.573 e. The van der Waals surface area contributed by atoms with Crippen molar-refractivity contribution in [1.29, 1.82) is 0 Å². The monoisotopic (exact) mass is 465 g/mol. The molecule has 0 saturated carbocycles. The first kappa shape index (κ1) is 25.8. The second-order valence-corrected chi connectivity index (χ2v) is 7.02. The Morgan fingerprint density at radius 2 is 1.75 bits per heavy atom. The minimum Gasteiger partial charge on any atom is -0.493 e. The molecule has 0 N–H and O–H groups in total. The van der Waals surface area contributed by atoms with Gasteiger partial charge in [-0.1, -0.05) is 30.3 Å². The molecule has 0 spiro atoms. The highest BCUT2D eigenvalue weighted by atomic mass is 19.4. The van der Waals surface area contributed by atoms with Gasteiger partial charge in [-0.2, -0.15) is 8.78 Å². The summed E-state index contributed by atoms with van der Waals surface area (Å²) in [7, 11) is 1.35. The maximum atomic E-state index is 12.8. The van der Waals surface area contributed by atoms with E-state index in [0.29, 0.717) is 30.6 Å². The number of aryl methyl sites for hydroxylation is 2. The van der Waals surface area contributed by atoms with Crippen LogP contribution in [0.5, 0.6) is 11.5 Å². The van der Waals surface area contributed by atoms with E-state index in [1.165, 1.54) is 25.2 Å². The SMILES string of the molecule is CN(CF)C(CCCOc1ccccc1CCc1cccc(OC(F)(F)F)c1)OC(F)F. The van der Waals surface area contributed by atoms with Crippen molar-refractivity contribution < 1.29 is 40.6 Å². The summed E-state index contributed by atoms with van der Waals surface area (Å²) in [6.07, 6.45) is -4.34. The summed E-state index contributed by atoms with van der Waals surface area (Å²) in [6, 6.07) is 12.9. The molecule has 178 valence electrons. The lowest BCUT2D eigenvalue weighted by atomic mass is 10.0. The lowest BCUT2D eigenvalue weighted by Gasteiger charge is -2.25. The summed E-state index contributed by atoms with van der Waals surface area (Å²) < 4.78 is 89.0. The van der Waals surface area contributed by atoms with Crippen molar-refractivity contribution in [3.63, 3.8) is 0 Å². The zero-order chi connectivity index (χ0) is 23.6. The molecule has 2 aromatic rings. The first-order valence-corrected chi connectivity index (χ1v) is 9.93. The Kier molecular flexibility index (Phi) is 10.1. The number of hydrogen-bond acceptors (Lipinski definition) is 4. The Balaban J connectivity index is 1.89. The summed E-state index contributed by atoms with van der Waals surface area (Å²) in [6.45, 7) is -3.72. The average Bonchev–Trinajstić information content (AvgIpc) is 2.73. The van der Waals surface area contributed by atoms with Crippen molar-refractivity contribution >= 4 is 0 Å². The minimum atomic E-state index is -4.75. The van der Waals surface area contributed by atoms with Crippen LogP contribution >= 0.6 is 0 Å². The quantitative estimate of drug-likeness (QED) is 0.158. The van der Waals surface area contributed by atoms with Gasteiger partial charge >= 0.3 is 13.0 Å². The Morgan fingerprint density at radius 3 is 2.44 bits per heavy atom. The summed E-state index contributed by atoms with van der Waals surface area (Å²) >= 11 is 0. The molecule has 0 aromatic heterocycles. The fourth-order valence-electron chi connectivity index (χ4n) is 3.06. The number of nitrogens with zero attached hydrogens (tertiary/aromatic N) is 1. The standard InChI is InChI=1S/C22H25F6NO3/c1-29(15-23)20(31-21(24)25)10-5-13-30-19-9-3-2-7-17(19)12-11-16-6-4-8-18(14-16)32-22(26,27)28/h2-4,6-9,14,20-21H,5,10-13,15H2,1H3. The number of alkyl halides is 6. The second-order valence-electron chi connectivity index (χ2n) is 7.02. The van der Waals surface area contributed by atoms with Gasteiger partial charge in [-0.15, -0.1) is 13.2 Å². The molecule has 0 aliphatic carbocycles. The zero-order valence-corrected chi connectivity index (χ0v) is 17.5. The maximum absolute atomic E-state index is 12.8. The van der Waals surface area contributed by atoms with Crippen molar-refractivity contribution in [3.05, 3.63) is 59.7 Å². The van der Waals surface area contributed by atoms with Crippen LogP contribution in [0.15, 0.2) is 48.5 Å². The van der Waals surface area contributed by atoms with E-state index in [0.717, 1.165) is 10.5 Å². The second kappa shape index (κ2) is 12.5. The van der Waals surface area contributed by atoms with Gasteiger partial charge in [-0.3, -0.25) is 4.90 Å². The van der Waals surface area contributed by atoms with Crippen LogP contribution in [0.2, 0.25) is 0 Å². The van der Waals surface area contributed by atoms with Crippen molar-refractivity contribution in [3.8, 4) is 11.5 Å². The summed E-state index contributed by atoms with van der Waals surface area (Å²) in [4.78, 5) is 1.04. The number of rotatable bonds is 13. The van der Waals surface area contributed by atoms with Gasteiger partial charge in [0.1, 0.15) is 24.5 Å². The van der Waals surface area contributed by atoms with E-state index in [-0.39, 0.29) is 18.8 Å². The highest BCUT2D eigenvalue weighted by molar-refractivity contribution is 5.35. The van der Waals surface area contributed by atoms with Crippen LogP contribution in [-0.2, 0) is 17.6 Å². The molecule has 2 aromatic carbocycles. The fraction of sp³-hybridized carbons (Fsp3) is 0.455. The molecule has 1 atom stereocenters. The molecule has 0 saturated heterocycles. The Bertz CT molecular complexity index is 818. The summed E-state index contributed by atoms with van der Waals surface area (Å²) in [5.41, 5.74) is 1.51. The van der Waals surface area contributed by atoms with Gasteiger partial charge < -0.3 is 14.2 Å². The van der Waals surface area contributed by atoms with Gasteiger partial charge in [-0.25, -0.2) is 4.39 Å². The molecular formula is C22H25F6NO3. The smallest absolute Gasteiger partial charge is 0.493 e. The van der Waals surface area contributed by atoms with Gasteiger partial charge in [0.05, 0.1) is 6.61 Å². The number of ether oxygens (including phenoxy) is 3. The fourth-order valence-corrected chi connectivity index (χ4v) is 3.06. The van der Waals surface area contributed by atoms with Crippen LogP contribution in [0.1, 0.15) is 24.0 Å². The van der Waals surface area contributed by atoms with Gasteiger partial charge in [0.15, 0.2) is 0 Å². The molecular weight excluding hydrogens is 440 g/mol. The van der Waals surface area contributed by atoms with Crippen LogP contribution in [-0.4, -0.2) is 44.6 Å². The van der Waals surface area contributed by atoms with Crippen LogP contribution in [0.3, 0.4) is 0 Å². The molecule has 0 amide bonds. The Labute approximate surface area is 182 Å². The van der Waals surface area contributed by atoms with E-state index in [4.69, 9.17) is 4.74 Å². The topological polar surface area (TPSA) is 30.9 Å². The predicted octanol–water partition coefficient (Wildman–Crippen LogP) is 5.95. The Morgan fingerprint density at radius 1 is 1.00 bits per heavy atom. The minimum absolute atomic E-state index is 0.152. The van der Waals surface area contributed by atoms with E-state index < -0.39 is 26.0 Å². The zero-order valence-electron chi connectivity index (χ0n) is 17.5. The normalized spacial score (nSPS) is 12.9. The number of halogens is 6. The highest BCUT2D eigenvalue weighted by Gasteiger charge is 2.31. The number of benzene rings is 2. The first-order valence-electron chi connectivity index (χ1n) is 9.93. The molecule has 32 heavy (non-hydrogen) atoms. The van der Waals surface area contributed by atoms with Gasteiger partial charge in [-0.05, 0) is 62.1 Å². The van der Waals surface area contributed by atoms with Gasteiger partial charge in [0, 0.05) is 0 Å². The summed E-state index contributed by atoms with van der Waals surface area (Å²) in [5.74, 6) is 0.304. The summed E-state index contributed by atoms with van der Waals surface area (Å²) in [5, 5.41) is 0. The molecule has 0 fully saturated rings. The van der Waals surface area contributed by atoms with Crippen LogP contribution in [0.4, 0.5) is 26.3 Å². The van der Waals surface area contributed by atoms with E-state index in [2.05, 4.69) is 9.47 Å². The van der Waals surface area contributed by atoms with Crippen LogP contribution in [0, 0.1) is 0 Å². The third kappa shape index (κ3) is 9.35. The van der Waals surface area contributed by atoms with Gasteiger partial charge in [0.25, 0.3) is 0 Å². The molecule has 0 heterocycles. The lowest BCUT2D eigenvalue weighted by molar-refractivity contribution is -0.274. The van der Waals surface area contributed by atoms with Crippen molar-refractivity contribution in [2.75, 3.05) is 20.5 Å². The van der Waals surface area contributed by atoms with Crippen molar-refractivity contribution in [1.82, 2.24) is 4.90 Å². The van der Waals surface area contributed by atoms with E-state index in [1.54, 1.807) is 18.2 Å². The molecule has 0 radical (unpaired) electrons. The molecule has 0 aliphatic rings. The molecule has 1 unspecified atom stereocenters. The third-order valence-electron chi connectivity index (χ3n) is 4.58. The number of para-hydroxylation sites is 1. The lowest BCUT2D eigenvalue weighted by Crippen LogP contribution is -2.35. The molecule has 10 heteroatoms.